The Bertz CT molecular complexity index is 296. The van der Waals surface area contributed by atoms with Crippen LogP contribution in [0.1, 0.15) is 56.6 Å². The summed E-state index contributed by atoms with van der Waals surface area (Å²) in [4.78, 5) is 1.31. The highest BCUT2D eigenvalue weighted by atomic mass is 32.1. The molecular formula is C12H23N3S. The third-order valence-electron chi connectivity index (χ3n) is 2.68. The molecule has 1 N–H and O–H groups in total. The van der Waals surface area contributed by atoms with Gasteiger partial charge in [-0.3, -0.25) is 0 Å². The van der Waals surface area contributed by atoms with Crippen molar-refractivity contribution in [3.05, 3.63) is 10.6 Å². The number of nitrogens with one attached hydrogen (secondary N) is 1. The molecule has 1 aromatic heterocycles. The lowest BCUT2D eigenvalue weighted by atomic mass is 10.0. The lowest BCUT2D eigenvalue weighted by Crippen LogP contribution is -2.22. The van der Waals surface area contributed by atoms with E-state index in [4.69, 9.17) is 0 Å². The average Bonchev–Trinajstić information content (AvgIpc) is 2.65. The topological polar surface area (TPSA) is 37.8 Å². The molecule has 0 bridgehead atoms. The van der Waals surface area contributed by atoms with E-state index in [9.17, 15) is 0 Å². The minimum Gasteiger partial charge on any atom is -0.309 e. The Morgan fingerprint density at radius 2 is 2.06 bits per heavy atom. The van der Waals surface area contributed by atoms with Crippen LogP contribution in [0, 0.1) is 12.8 Å². The van der Waals surface area contributed by atoms with Crippen LogP contribution in [0.3, 0.4) is 0 Å². The Morgan fingerprint density at radius 1 is 1.31 bits per heavy atom. The zero-order valence-corrected chi connectivity index (χ0v) is 11.6. The highest BCUT2D eigenvalue weighted by molar-refractivity contribution is 7.05. The summed E-state index contributed by atoms with van der Waals surface area (Å²) >= 11 is 1.54. The van der Waals surface area contributed by atoms with Crippen LogP contribution in [-0.4, -0.2) is 16.1 Å². The summed E-state index contributed by atoms with van der Waals surface area (Å²) in [5, 5.41) is 7.70. The van der Waals surface area contributed by atoms with E-state index in [0.717, 1.165) is 18.2 Å². The molecule has 0 aliphatic rings. The van der Waals surface area contributed by atoms with Crippen LogP contribution in [-0.2, 0) is 0 Å². The molecule has 0 saturated heterocycles. The second-order valence-corrected chi connectivity index (χ2v) is 5.49. The van der Waals surface area contributed by atoms with E-state index >= 15 is 0 Å². The van der Waals surface area contributed by atoms with E-state index in [1.165, 1.54) is 35.7 Å². The smallest absolute Gasteiger partial charge is 0.0772 e. The normalized spacial score (nSPS) is 13.3. The van der Waals surface area contributed by atoms with Crippen molar-refractivity contribution in [2.75, 3.05) is 6.54 Å². The molecule has 1 unspecified atom stereocenters. The Labute approximate surface area is 103 Å². The fraction of sp³-hybridized carbons (Fsp3) is 0.833. The fourth-order valence-electron chi connectivity index (χ4n) is 1.70. The maximum absolute atomic E-state index is 4.10. The number of hydrogen-bond donors (Lipinski definition) is 1. The van der Waals surface area contributed by atoms with Gasteiger partial charge in [-0.2, -0.15) is 0 Å². The molecule has 0 aliphatic carbocycles. The van der Waals surface area contributed by atoms with Crippen molar-refractivity contribution in [3.8, 4) is 0 Å². The number of nitrogens with zero attached hydrogens (tertiary/aromatic N) is 2. The first kappa shape index (κ1) is 13.6. The largest absolute Gasteiger partial charge is 0.309 e. The van der Waals surface area contributed by atoms with Crippen LogP contribution in [0.5, 0.6) is 0 Å². The second-order valence-electron chi connectivity index (χ2n) is 4.70. The maximum atomic E-state index is 4.10. The van der Waals surface area contributed by atoms with Crippen molar-refractivity contribution < 1.29 is 0 Å². The van der Waals surface area contributed by atoms with Crippen molar-refractivity contribution in [1.29, 1.82) is 0 Å². The predicted octanol–water partition coefficient (Wildman–Crippen LogP) is 3.32. The molecule has 0 fully saturated rings. The second kappa shape index (κ2) is 6.97. The third kappa shape index (κ3) is 4.18. The molecule has 0 amide bonds. The lowest BCUT2D eigenvalue weighted by molar-refractivity contribution is 0.443. The summed E-state index contributed by atoms with van der Waals surface area (Å²) in [5.74, 6) is 0.757. The third-order valence-corrected chi connectivity index (χ3v) is 3.62. The summed E-state index contributed by atoms with van der Waals surface area (Å²) in [5.41, 5.74) is 1.09. The summed E-state index contributed by atoms with van der Waals surface area (Å²) < 4.78 is 4.03. The van der Waals surface area contributed by atoms with Crippen molar-refractivity contribution in [3.63, 3.8) is 0 Å². The van der Waals surface area contributed by atoms with E-state index in [1.807, 2.05) is 0 Å². The molecule has 3 nitrogen and oxygen atoms in total. The molecular weight excluding hydrogens is 218 g/mol. The van der Waals surface area contributed by atoms with Gasteiger partial charge in [0.1, 0.15) is 0 Å². The zero-order valence-electron chi connectivity index (χ0n) is 10.8. The van der Waals surface area contributed by atoms with Crippen LogP contribution < -0.4 is 5.32 Å². The van der Waals surface area contributed by atoms with E-state index in [1.54, 1.807) is 0 Å². The first-order valence-electron chi connectivity index (χ1n) is 6.17. The molecule has 1 heterocycles. The first-order chi connectivity index (χ1) is 7.65. The Hall–Kier alpha value is -0.480. The molecule has 1 rings (SSSR count). The minimum absolute atomic E-state index is 0.447. The number of hydrogen-bond acceptors (Lipinski definition) is 4. The van der Waals surface area contributed by atoms with Gasteiger partial charge in [0, 0.05) is 6.04 Å². The number of rotatable bonds is 7. The number of aryl methyl sites for hydroxylation is 1. The van der Waals surface area contributed by atoms with Crippen molar-refractivity contribution in [1.82, 2.24) is 14.9 Å². The Kier molecular flexibility index (Phi) is 5.91. The molecule has 1 atom stereocenters. The molecule has 92 valence electrons. The lowest BCUT2D eigenvalue weighted by Gasteiger charge is -2.18. The highest BCUT2D eigenvalue weighted by Gasteiger charge is 2.16. The number of aromatic nitrogens is 2. The molecule has 0 saturated carbocycles. The zero-order chi connectivity index (χ0) is 12.0. The van der Waals surface area contributed by atoms with Crippen molar-refractivity contribution in [2.45, 2.75) is 53.0 Å². The van der Waals surface area contributed by atoms with Gasteiger partial charge in [0.2, 0.25) is 0 Å². The average molecular weight is 241 g/mol. The molecule has 16 heavy (non-hydrogen) atoms. The molecule has 4 heteroatoms. The van der Waals surface area contributed by atoms with Gasteiger partial charge in [0.05, 0.1) is 10.6 Å². The summed E-state index contributed by atoms with van der Waals surface area (Å²) in [6, 6.07) is 0.447. The van der Waals surface area contributed by atoms with E-state index in [0.29, 0.717) is 6.04 Å². The molecule has 0 spiro atoms. The van der Waals surface area contributed by atoms with Crippen LogP contribution in [0.4, 0.5) is 0 Å². The SMILES string of the molecule is CCCNC(CCC(C)C)c1snnc1C. The van der Waals surface area contributed by atoms with Gasteiger partial charge in [-0.25, -0.2) is 0 Å². The molecule has 0 aromatic carbocycles. The summed E-state index contributed by atoms with van der Waals surface area (Å²) in [6.07, 6.45) is 3.60. The van der Waals surface area contributed by atoms with Gasteiger partial charge in [-0.15, -0.1) is 5.10 Å². The fourth-order valence-corrected chi connectivity index (χ4v) is 2.45. The highest BCUT2D eigenvalue weighted by Crippen LogP contribution is 2.25. The summed E-state index contributed by atoms with van der Waals surface area (Å²) in [6.45, 7) is 9.86. The van der Waals surface area contributed by atoms with Crippen LogP contribution >= 0.6 is 11.5 Å². The van der Waals surface area contributed by atoms with E-state index in [2.05, 4.69) is 42.6 Å². The van der Waals surface area contributed by atoms with Gasteiger partial charge in [0.15, 0.2) is 0 Å². The van der Waals surface area contributed by atoms with E-state index in [-0.39, 0.29) is 0 Å². The quantitative estimate of drug-likeness (QED) is 0.795. The van der Waals surface area contributed by atoms with Crippen molar-refractivity contribution >= 4 is 11.5 Å². The van der Waals surface area contributed by atoms with Crippen molar-refractivity contribution in [2.24, 2.45) is 5.92 Å². The Morgan fingerprint density at radius 3 is 2.56 bits per heavy atom. The van der Waals surface area contributed by atoms with Gasteiger partial charge < -0.3 is 5.32 Å². The van der Waals surface area contributed by atoms with Gasteiger partial charge in [0.25, 0.3) is 0 Å². The van der Waals surface area contributed by atoms with Gasteiger partial charge in [-0.1, -0.05) is 25.3 Å². The predicted molar refractivity (Wildman–Crippen MR) is 69.8 cm³/mol. The first-order valence-corrected chi connectivity index (χ1v) is 6.94. The van der Waals surface area contributed by atoms with Gasteiger partial charge >= 0.3 is 0 Å². The van der Waals surface area contributed by atoms with Crippen LogP contribution in [0.25, 0.3) is 0 Å². The van der Waals surface area contributed by atoms with Crippen LogP contribution in [0.2, 0.25) is 0 Å². The van der Waals surface area contributed by atoms with Gasteiger partial charge in [-0.05, 0) is 50.2 Å². The molecule has 0 aliphatic heterocycles. The van der Waals surface area contributed by atoms with E-state index < -0.39 is 0 Å². The standard InChI is InChI=1S/C12H23N3S/c1-5-8-13-11(7-6-9(2)3)12-10(4)14-15-16-12/h9,11,13H,5-8H2,1-4H3. The minimum atomic E-state index is 0.447. The van der Waals surface area contributed by atoms with Crippen LogP contribution in [0.15, 0.2) is 0 Å². The molecule has 1 aromatic rings. The molecule has 0 radical (unpaired) electrons. The Balaban J connectivity index is 2.60. The monoisotopic (exact) mass is 241 g/mol. The summed E-state index contributed by atoms with van der Waals surface area (Å²) in [7, 11) is 0. The maximum Gasteiger partial charge on any atom is 0.0772 e.